The van der Waals surface area contributed by atoms with Crippen LogP contribution in [0.1, 0.15) is 63.0 Å². The van der Waals surface area contributed by atoms with E-state index in [9.17, 15) is 9.59 Å². The zero-order valence-corrected chi connectivity index (χ0v) is 15.0. The van der Waals surface area contributed by atoms with E-state index in [1.54, 1.807) is 4.90 Å². The molecular weight excluding hydrogens is 320 g/mol. The second-order valence-electron chi connectivity index (χ2n) is 6.81. The first kappa shape index (κ1) is 17.8. The topological polar surface area (TPSA) is 63.0 Å². The number of carbonyl (C=O) groups excluding carboxylic acids is 2. The highest BCUT2D eigenvalue weighted by Gasteiger charge is 2.29. The lowest BCUT2D eigenvalue weighted by Gasteiger charge is -2.29. The maximum atomic E-state index is 12.8. The van der Waals surface area contributed by atoms with Crippen LogP contribution in [-0.4, -0.2) is 48.0 Å². The van der Waals surface area contributed by atoms with Crippen LogP contribution in [0.25, 0.3) is 0 Å². The molecule has 138 valence electrons. The molecule has 0 aromatic carbocycles. The second-order valence-corrected chi connectivity index (χ2v) is 6.81. The molecule has 2 saturated heterocycles. The van der Waals surface area contributed by atoms with Crippen molar-refractivity contribution in [2.45, 2.75) is 57.9 Å². The van der Waals surface area contributed by atoms with Gasteiger partial charge in [0, 0.05) is 25.9 Å². The number of cyclic esters (lactones) is 1. The fraction of sp³-hybridized carbons (Fsp3) is 0.684. The second kappa shape index (κ2) is 8.41. The number of furan rings is 1. The van der Waals surface area contributed by atoms with E-state index in [-0.39, 0.29) is 18.0 Å². The fourth-order valence-corrected chi connectivity index (χ4v) is 3.66. The molecule has 0 saturated carbocycles. The normalized spacial score (nSPS) is 21.3. The molecule has 2 fully saturated rings. The Morgan fingerprint density at radius 1 is 1.24 bits per heavy atom. The van der Waals surface area contributed by atoms with Crippen LogP contribution in [0.15, 0.2) is 16.5 Å². The molecule has 1 aromatic heterocycles. The van der Waals surface area contributed by atoms with Gasteiger partial charge in [0.2, 0.25) is 5.91 Å². The van der Waals surface area contributed by atoms with E-state index in [0.717, 1.165) is 50.2 Å². The number of carbonyl (C=O) groups is 2. The van der Waals surface area contributed by atoms with Crippen molar-refractivity contribution in [3.8, 4) is 0 Å². The average molecular weight is 348 g/mol. The van der Waals surface area contributed by atoms with E-state index in [0.29, 0.717) is 32.5 Å². The molecule has 0 bridgehead atoms. The molecule has 3 heterocycles. The minimum absolute atomic E-state index is 0.0482. The van der Waals surface area contributed by atoms with Crippen LogP contribution >= 0.6 is 0 Å². The van der Waals surface area contributed by atoms with Crippen molar-refractivity contribution in [1.29, 1.82) is 0 Å². The van der Waals surface area contributed by atoms with E-state index < -0.39 is 0 Å². The first-order valence-corrected chi connectivity index (χ1v) is 9.49. The molecule has 1 aromatic rings. The molecule has 0 aliphatic carbocycles. The van der Waals surface area contributed by atoms with E-state index >= 15 is 0 Å². The largest absolute Gasteiger partial charge is 0.464 e. The first-order chi connectivity index (χ1) is 12.2. The van der Waals surface area contributed by atoms with Crippen LogP contribution in [-0.2, 0) is 16.0 Å². The van der Waals surface area contributed by atoms with Crippen molar-refractivity contribution in [2.24, 2.45) is 0 Å². The lowest BCUT2D eigenvalue weighted by molar-refractivity contribution is -0.134. The van der Waals surface area contributed by atoms with Crippen molar-refractivity contribution >= 4 is 12.0 Å². The molecule has 2 amide bonds. The smallest absolute Gasteiger partial charge is 0.409 e. The van der Waals surface area contributed by atoms with Crippen molar-refractivity contribution in [1.82, 2.24) is 9.80 Å². The zero-order chi connectivity index (χ0) is 17.6. The number of rotatable bonds is 6. The van der Waals surface area contributed by atoms with Crippen LogP contribution in [0.3, 0.4) is 0 Å². The van der Waals surface area contributed by atoms with Gasteiger partial charge < -0.3 is 19.0 Å². The molecule has 2 aliphatic rings. The summed E-state index contributed by atoms with van der Waals surface area (Å²) in [5.41, 5.74) is 0. The van der Waals surface area contributed by atoms with E-state index in [4.69, 9.17) is 9.15 Å². The van der Waals surface area contributed by atoms with Crippen LogP contribution in [0, 0.1) is 0 Å². The van der Waals surface area contributed by atoms with Crippen molar-refractivity contribution in [3.05, 3.63) is 23.7 Å². The van der Waals surface area contributed by atoms with Crippen molar-refractivity contribution in [3.63, 3.8) is 0 Å². The van der Waals surface area contributed by atoms with Crippen LogP contribution < -0.4 is 0 Å². The van der Waals surface area contributed by atoms with E-state index in [1.807, 2.05) is 17.0 Å². The molecular formula is C19H28N2O4. The van der Waals surface area contributed by atoms with Crippen molar-refractivity contribution in [2.75, 3.05) is 26.2 Å². The Bertz CT molecular complexity index is 598. The van der Waals surface area contributed by atoms with Gasteiger partial charge in [0.1, 0.15) is 18.1 Å². The molecule has 0 spiro atoms. The van der Waals surface area contributed by atoms with Gasteiger partial charge in [-0.05, 0) is 31.4 Å². The third-order valence-corrected chi connectivity index (χ3v) is 5.10. The van der Waals surface area contributed by atoms with Gasteiger partial charge in [0.05, 0.1) is 12.6 Å². The first-order valence-electron chi connectivity index (χ1n) is 9.49. The Labute approximate surface area is 149 Å². The van der Waals surface area contributed by atoms with Crippen LogP contribution in [0.4, 0.5) is 4.79 Å². The summed E-state index contributed by atoms with van der Waals surface area (Å²) < 4.78 is 10.9. The minimum Gasteiger partial charge on any atom is -0.464 e. The van der Waals surface area contributed by atoms with E-state index in [1.165, 1.54) is 0 Å². The number of ether oxygens (including phenoxy) is 1. The summed E-state index contributed by atoms with van der Waals surface area (Å²) >= 11 is 0. The van der Waals surface area contributed by atoms with Gasteiger partial charge >= 0.3 is 6.09 Å². The molecule has 3 rings (SSSR count). The highest BCUT2D eigenvalue weighted by Crippen LogP contribution is 2.32. The lowest BCUT2D eigenvalue weighted by atomic mass is 10.1. The molecule has 1 atom stereocenters. The fourth-order valence-electron chi connectivity index (χ4n) is 3.66. The monoisotopic (exact) mass is 348 g/mol. The summed E-state index contributed by atoms with van der Waals surface area (Å²) in [5, 5.41) is 0. The summed E-state index contributed by atoms with van der Waals surface area (Å²) in [5.74, 6) is 2.04. The van der Waals surface area contributed by atoms with Gasteiger partial charge in [0.25, 0.3) is 0 Å². The Morgan fingerprint density at radius 3 is 2.84 bits per heavy atom. The van der Waals surface area contributed by atoms with Gasteiger partial charge in [-0.3, -0.25) is 4.79 Å². The molecule has 2 aliphatic heterocycles. The van der Waals surface area contributed by atoms with Gasteiger partial charge in [0.15, 0.2) is 0 Å². The number of hydrogen-bond donors (Lipinski definition) is 0. The standard InChI is InChI=1S/C19H28N2O4/c1-2-15-9-10-17(25-15)16-7-4-3-5-12-21(16)18(22)8-6-11-20-13-14-24-19(20)23/h9-10,16H,2-8,11-14H2,1H3/t16-/m1/s1. The number of hydrogen-bond acceptors (Lipinski definition) is 4. The predicted octanol–water partition coefficient (Wildman–Crippen LogP) is 3.52. The van der Waals surface area contributed by atoms with E-state index in [2.05, 4.69) is 6.92 Å². The third-order valence-electron chi connectivity index (χ3n) is 5.10. The third kappa shape index (κ3) is 4.35. The highest BCUT2D eigenvalue weighted by molar-refractivity contribution is 5.77. The summed E-state index contributed by atoms with van der Waals surface area (Å²) in [6, 6.07) is 4.09. The zero-order valence-electron chi connectivity index (χ0n) is 15.0. The molecule has 0 radical (unpaired) electrons. The predicted molar refractivity (Wildman–Crippen MR) is 93.2 cm³/mol. The number of aryl methyl sites for hydroxylation is 1. The molecule has 6 nitrogen and oxygen atoms in total. The van der Waals surface area contributed by atoms with Gasteiger partial charge in [-0.25, -0.2) is 4.79 Å². The van der Waals surface area contributed by atoms with Crippen LogP contribution in [0.5, 0.6) is 0 Å². The molecule has 25 heavy (non-hydrogen) atoms. The molecule has 0 N–H and O–H groups in total. The van der Waals surface area contributed by atoms with Gasteiger partial charge in [-0.1, -0.05) is 19.8 Å². The van der Waals surface area contributed by atoms with Gasteiger partial charge in [-0.2, -0.15) is 0 Å². The summed E-state index contributed by atoms with van der Waals surface area (Å²) in [6.07, 6.45) is 6.02. The Kier molecular flexibility index (Phi) is 6.00. The summed E-state index contributed by atoms with van der Waals surface area (Å²) in [4.78, 5) is 27.9. The molecule has 0 unspecified atom stereocenters. The maximum Gasteiger partial charge on any atom is 0.409 e. The van der Waals surface area contributed by atoms with Crippen LogP contribution in [0.2, 0.25) is 0 Å². The summed E-state index contributed by atoms with van der Waals surface area (Å²) in [6.45, 7) is 4.54. The quantitative estimate of drug-likeness (QED) is 0.789. The maximum absolute atomic E-state index is 12.8. The van der Waals surface area contributed by atoms with Crippen molar-refractivity contribution < 1.29 is 18.7 Å². The number of nitrogens with zero attached hydrogens (tertiary/aromatic N) is 2. The SMILES string of the molecule is CCc1ccc([C@H]2CCCCCN2C(=O)CCCN2CCOC2=O)o1. The Morgan fingerprint density at radius 2 is 2.12 bits per heavy atom. The molecule has 6 heteroatoms. The summed E-state index contributed by atoms with van der Waals surface area (Å²) in [7, 11) is 0. The van der Waals surface area contributed by atoms with Gasteiger partial charge in [-0.15, -0.1) is 0 Å². The number of likely N-dealkylation sites (tertiary alicyclic amines) is 1. The Balaban J connectivity index is 1.59. The Hall–Kier alpha value is -1.98. The average Bonchev–Trinajstić information content (AvgIpc) is 3.17. The lowest BCUT2D eigenvalue weighted by Crippen LogP contribution is -2.35. The number of amides is 2. The highest BCUT2D eigenvalue weighted by atomic mass is 16.6. The minimum atomic E-state index is -0.261.